The second kappa shape index (κ2) is 8.06. The molecule has 0 saturated carbocycles. The number of urea groups is 1. The summed E-state index contributed by atoms with van der Waals surface area (Å²) in [6.07, 6.45) is 3.38. The Bertz CT molecular complexity index is 825. The first kappa shape index (κ1) is 16.6. The fourth-order valence-corrected chi connectivity index (χ4v) is 2.56. The Balaban J connectivity index is 1.75. The first-order chi connectivity index (χ1) is 12.2. The van der Waals surface area contributed by atoms with Gasteiger partial charge in [-0.25, -0.2) is 9.18 Å². The van der Waals surface area contributed by atoms with E-state index in [4.69, 9.17) is 0 Å². The van der Waals surface area contributed by atoms with Crippen molar-refractivity contribution in [3.8, 4) is 0 Å². The summed E-state index contributed by atoms with van der Waals surface area (Å²) in [5.41, 5.74) is 2.46. The molecule has 0 saturated heterocycles. The molecule has 2 aromatic carbocycles. The van der Waals surface area contributed by atoms with Gasteiger partial charge in [0.25, 0.3) is 0 Å². The maximum atomic E-state index is 13.6. The molecule has 3 aromatic rings. The molecular weight excluding hydrogens is 317 g/mol. The van der Waals surface area contributed by atoms with Crippen molar-refractivity contribution in [2.24, 2.45) is 0 Å². The van der Waals surface area contributed by atoms with Crippen molar-refractivity contribution in [2.45, 2.75) is 12.6 Å². The monoisotopic (exact) mass is 335 g/mol. The third kappa shape index (κ3) is 4.64. The molecule has 0 radical (unpaired) electrons. The van der Waals surface area contributed by atoms with Gasteiger partial charge in [0, 0.05) is 18.9 Å². The van der Waals surface area contributed by atoms with E-state index < -0.39 is 6.04 Å². The molecule has 126 valence electrons. The quantitative estimate of drug-likeness (QED) is 0.745. The number of amides is 2. The standard InChI is InChI=1S/C20H18FN3O/c21-18-10-4-9-17(12-18)19(16-7-2-1-3-8-16)24-20(25)23-14-15-6-5-11-22-13-15/h1-13,19H,14H2,(H2,23,24,25)/t19-/m1/s1. The number of rotatable bonds is 5. The van der Waals surface area contributed by atoms with E-state index in [0.29, 0.717) is 12.1 Å². The summed E-state index contributed by atoms with van der Waals surface area (Å²) in [5.74, 6) is -0.337. The van der Waals surface area contributed by atoms with Crippen molar-refractivity contribution in [3.05, 3.63) is 102 Å². The van der Waals surface area contributed by atoms with Crippen LogP contribution in [0, 0.1) is 5.82 Å². The predicted molar refractivity (Wildman–Crippen MR) is 94.3 cm³/mol. The lowest BCUT2D eigenvalue weighted by atomic mass is 9.99. The second-order valence-electron chi connectivity index (χ2n) is 5.59. The maximum absolute atomic E-state index is 13.6. The van der Waals surface area contributed by atoms with Gasteiger partial charge < -0.3 is 10.6 Å². The molecule has 3 rings (SSSR count). The highest BCUT2D eigenvalue weighted by Gasteiger charge is 2.17. The molecule has 0 unspecified atom stereocenters. The number of hydrogen-bond acceptors (Lipinski definition) is 2. The molecule has 25 heavy (non-hydrogen) atoms. The molecule has 0 aliphatic rings. The summed E-state index contributed by atoms with van der Waals surface area (Å²) >= 11 is 0. The molecule has 0 aliphatic heterocycles. The van der Waals surface area contributed by atoms with E-state index in [-0.39, 0.29) is 11.8 Å². The molecule has 0 aliphatic carbocycles. The third-order valence-corrected chi connectivity index (χ3v) is 3.77. The number of nitrogens with zero attached hydrogens (tertiary/aromatic N) is 1. The fraction of sp³-hybridized carbons (Fsp3) is 0.100. The van der Waals surface area contributed by atoms with Gasteiger partial charge in [-0.15, -0.1) is 0 Å². The van der Waals surface area contributed by atoms with Gasteiger partial charge in [0.1, 0.15) is 5.82 Å². The van der Waals surface area contributed by atoms with Gasteiger partial charge in [0.15, 0.2) is 0 Å². The molecule has 2 N–H and O–H groups in total. The Kier molecular flexibility index (Phi) is 5.36. The van der Waals surface area contributed by atoms with Crippen LogP contribution in [0.2, 0.25) is 0 Å². The van der Waals surface area contributed by atoms with Gasteiger partial charge in [-0.1, -0.05) is 48.5 Å². The van der Waals surface area contributed by atoms with Crippen molar-refractivity contribution in [2.75, 3.05) is 0 Å². The van der Waals surface area contributed by atoms with Gasteiger partial charge in [-0.05, 0) is 34.9 Å². The molecule has 0 fully saturated rings. The lowest BCUT2D eigenvalue weighted by Crippen LogP contribution is -2.38. The highest BCUT2D eigenvalue weighted by molar-refractivity contribution is 5.75. The van der Waals surface area contributed by atoms with Crippen LogP contribution < -0.4 is 10.6 Å². The lowest BCUT2D eigenvalue weighted by Gasteiger charge is -2.20. The largest absolute Gasteiger partial charge is 0.334 e. The van der Waals surface area contributed by atoms with Gasteiger partial charge >= 0.3 is 6.03 Å². The van der Waals surface area contributed by atoms with Crippen LogP contribution in [0.25, 0.3) is 0 Å². The maximum Gasteiger partial charge on any atom is 0.315 e. The number of hydrogen-bond donors (Lipinski definition) is 2. The van der Waals surface area contributed by atoms with Crippen molar-refractivity contribution in [1.82, 2.24) is 15.6 Å². The first-order valence-electron chi connectivity index (χ1n) is 7.96. The molecule has 5 heteroatoms. The Morgan fingerprint density at radius 2 is 1.80 bits per heavy atom. The van der Waals surface area contributed by atoms with Crippen LogP contribution in [0.5, 0.6) is 0 Å². The number of nitrogens with one attached hydrogen (secondary N) is 2. The Labute approximate surface area is 145 Å². The Morgan fingerprint density at radius 1 is 1.00 bits per heavy atom. The van der Waals surface area contributed by atoms with Crippen LogP contribution in [0.4, 0.5) is 9.18 Å². The van der Waals surface area contributed by atoms with Gasteiger partial charge in [-0.3, -0.25) is 4.98 Å². The van der Waals surface area contributed by atoms with E-state index >= 15 is 0 Å². The van der Waals surface area contributed by atoms with Crippen LogP contribution in [0.15, 0.2) is 79.1 Å². The number of pyridine rings is 1. The predicted octanol–water partition coefficient (Wildman–Crippen LogP) is 3.81. The van der Waals surface area contributed by atoms with Crippen LogP contribution in [-0.2, 0) is 6.54 Å². The summed E-state index contributed by atoms with van der Waals surface area (Å²) in [6, 6.07) is 18.6. The summed E-state index contributed by atoms with van der Waals surface area (Å²) in [5, 5.41) is 5.71. The van der Waals surface area contributed by atoms with Crippen molar-refractivity contribution >= 4 is 6.03 Å². The Hall–Kier alpha value is -3.21. The SMILES string of the molecule is O=C(NCc1cccnc1)N[C@H](c1ccccc1)c1cccc(F)c1. The number of carbonyl (C=O) groups excluding carboxylic acids is 1. The van der Waals surface area contributed by atoms with E-state index in [0.717, 1.165) is 11.1 Å². The van der Waals surface area contributed by atoms with E-state index in [9.17, 15) is 9.18 Å². The van der Waals surface area contributed by atoms with Crippen LogP contribution in [-0.4, -0.2) is 11.0 Å². The zero-order chi connectivity index (χ0) is 17.5. The number of aromatic nitrogens is 1. The van der Waals surface area contributed by atoms with E-state index in [1.807, 2.05) is 42.5 Å². The smallest absolute Gasteiger partial charge is 0.315 e. The summed E-state index contributed by atoms with van der Waals surface area (Å²) in [4.78, 5) is 16.3. The van der Waals surface area contributed by atoms with E-state index in [1.165, 1.54) is 12.1 Å². The first-order valence-corrected chi connectivity index (χ1v) is 7.96. The Morgan fingerprint density at radius 3 is 2.52 bits per heavy atom. The van der Waals surface area contributed by atoms with E-state index in [1.54, 1.807) is 24.5 Å². The minimum Gasteiger partial charge on any atom is -0.334 e. The van der Waals surface area contributed by atoms with Gasteiger partial charge in [0.05, 0.1) is 6.04 Å². The van der Waals surface area contributed by atoms with Crippen molar-refractivity contribution < 1.29 is 9.18 Å². The summed E-state index contributed by atoms with van der Waals surface area (Å²) in [6.45, 7) is 0.365. The van der Waals surface area contributed by atoms with Gasteiger partial charge in [-0.2, -0.15) is 0 Å². The number of halogens is 1. The second-order valence-corrected chi connectivity index (χ2v) is 5.59. The van der Waals surface area contributed by atoms with Gasteiger partial charge in [0.2, 0.25) is 0 Å². The third-order valence-electron chi connectivity index (χ3n) is 3.77. The van der Waals surface area contributed by atoms with Crippen LogP contribution in [0.1, 0.15) is 22.7 Å². The highest BCUT2D eigenvalue weighted by atomic mass is 19.1. The van der Waals surface area contributed by atoms with Crippen molar-refractivity contribution in [1.29, 1.82) is 0 Å². The summed E-state index contributed by atoms with van der Waals surface area (Å²) < 4.78 is 13.6. The zero-order valence-electron chi connectivity index (χ0n) is 13.5. The van der Waals surface area contributed by atoms with E-state index in [2.05, 4.69) is 15.6 Å². The zero-order valence-corrected chi connectivity index (χ0v) is 13.5. The average molecular weight is 335 g/mol. The minimum atomic E-state index is -0.439. The molecule has 1 atom stereocenters. The molecule has 4 nitrogen and oxygen atoms in total. The molecular formula is C20H18FN3O. The number of benzene rings is 2. The van der Waals surface area contributed by atoms with Crippen LogP contribution in [0.3, 0.4) is 0 Å². The average Bonchev–Trinajstić information content (AvgIpc) is 2.66. The molecule has 1 aromatic heterocycles. The highest BCUT2D eigenvalue weighted by Crippen LogP contribution is 2.22. The molecule has 0 bridgehead atoms. The lowest BCUT2D eigenvalue weighted by molar-refractivity contribution is 0.238. The summed E-state index contributed by atoms with van der Waals surface area (Å²) in [7, 11) is 0. The van der Waals surface area contributed by atoms with Crippen molar-refractivity contribution in [3.63, 3.8) is 0 Å². The topological polar surface area (TPSA) is 54.0 Å². The molecule has 1 heterocycles. The normalized spacial score (nSPS) is 11.6. The fourth-order valence-electron chi connectivity index (χ4n) is 2.56. The molecule has 0 spiro atoms. The van der Waals surface area contributed by atoms with Crippen LogP contribution >= 0.6 is 0 Å². The number of carbonyl (C=O) groups is 1. The minimum absolute atomic E-state index is 0.332. The molecule has 2 amide bonds.